The molecule has 1 N–H and O–H groups in total. The van der Waals surface area contributed by atoms with E-state index in [0.717, 1.165) is 30.0 Å². The zero-order valence-electron chi connectivity index (χ0n) is 9.05. The summed E-state index contributed by atoms with van der Waals surface area (Å²) in [4.78, 5) is 2.48. The van der Waals surface area contributed by atoms with Gasteiger partial charge in [0.05, 0.1) is 0 Å². The molecule has 3 unspecified atom stereocenters. The normalized spacial score (nSPS) is 37.3. The molecule has 0 aromatic heterocycles. The third-order valence-electron chi connectivity index (χ3n) is 3.72. The molecule has 2 aliphatic heterocycles. The molecule has 0 saturated carbocycles. The number of hydrogen-bond acceptors (Lipinski definition) is 2. The predicted octanol–water partition coefficient (Wildman–Crippen LogP) is 2.24. The molecule has 2 nitrogen and oxygen atoms in total. The maximum atomic E-state index is 6.00. The van der Waals surface area contributed by atoms with Gasteiger partial charge in [0.1, 0.15) is 0 Å². The van der Waals surface area contributed by atoms with E-state index in [1.807, 2.05) is 0 Å². The van der Waals surface area contributed by atoms with Gasteiger partial charge in [0.2, 0.25) is 0 Å². The van der Waals surface area contributed by atoms with Crippen LogP contribution in [-0.4, -0.2) is 37.1 Å². The highest BCUT2D eigenvalue weighted by atomic mass is 35.5. The van der Waals surface area contributed by atoms with Crippen molar-refractivity contribution in [2.75, 3.05) is 26.2 Å². The lowest BCUT2D eigenvalue weighted by Gasteiger charge is -2.26. The monoisotopic (exact) mass is 248 g/mol. The molecule has 15 heavy (non-hydrogen) atoms. The predicted molar refractivity (Wildman–Crippen MR) is 65.3 cm³/mol. The van der Waals surface area contributed by atoms with Crippen LogP contribution in [-0.2, 0) is 0 Å². The van der Waals surface area contributed by atoms with Gasteiger partial charge >= 0.3 is 0 Å². The van der Waals surface area contributed by atoms with Crippen molar-refractivity contribution in [3.05, 3.63) is 10.6 Å². The van der Waals surface area contributed by atoms with Gasteiger partial charge in [-0.25, -0.2) is 0 Å². The van der Waals surface area contributed by atoms with Gasteiger partial charge in [-0.3, -0.25) is 4.90 Å². The van der Waals surface area contributed by atoms with Gasteiger partial charge in [-0.05, 0) is 31.3 Å². The van der Waals surface area contributed by atoms with Gasteiger partial charge in [-0.1, -0.05) is 30.1 Å². The van der Waals surface area contributed by atoms with Gasteiger partial charge in [-0.2, -0.15) is 0 Å². The van der Waals surface area contributed by atoms with Crippen LogP contribution >= 0.6 is 23.2 Å². The molecule has 0 aliphatic carbocycles. The van der Waals surface area contributed by atoms with Crippen molar-refractivity contribution >= 4 is 23.2 Å². The molecule has 2 rings (SSSR count). The minimum Gasteiger partial charge on any atom is -0.316 e. The highest BCUT2D eigenvalue weighted by Gasteiger charge is 2.42. The maximum Gasteiger partial charge on any atom is 0.0434 e. The SMILES string of the molecule is CCC1C2CNCC2CN1CC(Cl)=CCl. The third-order valence-corrected chi connectivity index (χ3v) is 4.32. The van der Waals surface area contributed by atoms with Crippen molar-refractivity contribution in [1.29, 1.82) is 0 Å². The van der Waals surface area contributed by atoms with Crippen molar-refractivity contribution in [2.24, 2.45) is 11.8 Å². The standard InChI is InChI=1S/C11H18Cl2N2/c1-2-11-10-5-14-4-8(10)6-15(11)7-9(13)3-12/h3,8,10-11,14H,2,4-7H2,1H3. The lowest BCUT2D eigenvalue weighted by atomic mass is 9.93. The van der Waals surface area contributed by atoms with Crippen LogP contribution < -0.4 is 5.32 Å². The van der Waals surface area contributed by atoms with E-state index in [1.165, 1.54) is 25.0 Å². The Balaban J connectivity index is 2.01. The van der Waals surface area contributed by atoms with Crippen LogP contribution in [0.3, 0.4) is 0 Å². The number of nitrogens with one attached hydrogen (secondary N) is 1. The number of rotatable bonds is 3. The van der Waals surface area contributed by atoms with Gasteiger partial charge in [0.25, 0.3) is 0 Å². The Hall–Kier alpha value is 0.240. The van der Waals surface area contributed by atoms with Crippen LogP contribution in [0.25, 0.3) is 0 Å². The lowest BCUT2D eigenvalue weighted by molar-refractivity contribution is 0.238. The summed E-state index contributed by atoms with van der Waals surface area (Å²) in [5.41, 5.74) is 1.49. The average molecular weight is 249 g/mol. The molecule has 0 amide bonds. The van der Waals surface area contributed by atoms with E-state index in [0.29, 0.717) is 6.04 Å². The number of hydrogen-bond donors (Lipinski definition) is 1. The lowest BCUT2D eigenvalue weighted by Crippen LogP contribution is -2.35. The van der Waals surface area contributed by atoms with Crippen molar-refractivity contribution in [2.45, 2.75) is 19.4 Å². The van der Waals surface area contributed by atoms with Crippen LogP contribution in [0.2, 0.25) is 0 Å². The zero-order chi connectivity index (χ0) is 10.8. The summed E-state index contributed by atoms with van der Waals surface area (Å²) in [7, 11) is 0. The van der Waals surface area contributed by atoms with E-state index in [9.17, 15) is 0 Å². The topological polar surface area (TPSA) is 15.3 Å². The van der Waals surface area contributed by atoms with Crippen molar-refractivity contribution in [3.8, 4) is 0 Å². The van der Waals surface area contributed by atoms with E-state index < -0.39 is 0 Å². The quantitative estimate of drug-likeness (QED) is 0.825. The molecule has 4 heteroatoms. The first-order valence-electron chi connectivity index (χ1n) is 5.65. The van der Waals surface area contributed by atoms with Crippen LogP contribution in [0.1, 0.15) is 13.3 Å². The highest BCUT2D eigenvalue weighted by molar-refractivity contribution is 6.36. The molecule has 0 bridgehead atoms. The van der Waals surface area contributed by atoms with E-state index >= 15 is 0 Å². The van der Waals surface area contributed by atoms with Gasteiger partial charge in [0.15, 0.2) is 0 Å². The maximum absolute atomic E-state index is 6.00. The molecule has 2 aliphatic rings. The first kappa shape index (κ1) is 11.7. The van der Waals surface area contributed by atoms with Crippen molar-refractivity contribution in [3.63, 3.8) is 0 Å². The smallest absolute Gasteiger partial charge is 0.0434 e. The Kier molecular flexibility index (Phi) is 3.94. The molecule has 0 aromatic rings. The highest BCUT2D eigenvalue weighted by Crippen LogP contribution is 2.34. The largest absolute Gasteiger partial charge is 0.316 e. The Labute approximate surface area is 102 Å². The minimum atomic E-state index is 0.676. The second-order valence-electron chi connectivity index (χ2n) is 4.54. The molecule has 0 aromatic carbocycles. The average Bonchev–Trinajstić information content (AvgIpc) is 2.77. The fourth-order valence-electron chi connectivity index (χ4n) is 3.08. The molecular formula is C11H18Cl2N2. The summed E-state index contributed by atoms with van der Waals surface area (Å²) in [5.74, 6) is 1.63. The first-order valence-corrected chi connectivity index (χ1v) is 6.47. The van der Waals surface area contributed by atoms with Gasteiger partial charge in [0, 0.05) is 29.7 Å². The molecule has 3 atom stereocenters. The van der Waals surface area contributed by atoms with Crippen LogP contribution in [0.4, 0.5) is 0 Å². The van der Waals surface area contributed by atoms with E-state index in [-0.39, 0.29) is 0 Å². The second-order valence-corrected chi connectivity index (χ2v) is 5.25. The Morgan fingerprint density at radius 2 is 2.33 bits per heavy atom. The second kappa shape index (κ2) is 5.05. The number of nitrogens with zero attached hydrogens (tertiary/aromatic N) is 1. The third kappa shape index (κ3) is 2.33. The van der Waals surface area contributed by atoms with E-state index in [2.05, 4.69) is 17.1 Å². The van der Waals surface area contributed by atoms with Crippen LogP contribution in [0.15, 0.2) is 10.6 Å². The van der Waals surface area contributed by atoms with Crippen molar-refractivity contribution < 1.29 is 0 Å². The van der Waals surface area contributed by atoms with Gasteiger partial charge in [-0.15, -0.1) is 0 Å². The van der Waals surface area contributed by atoms with E-state index in [1.54, 1.807) is 0 Å². The molecule has 86 valence electrons. The van der Waals surface area contributed by atoms with Crippen molar-refractivity contribution in [1.82, 2.24) is 10.2 Å². The Bertz CT molecular complexity index is 255. The molecule has 0 radical (unpaired) electrons. The summed E-state index contributed by atoms with van der Waals surface area (Å²) in [6, 6.07) is 0.676. The van der Waals surface area contributed by atoms with Crippen LogP contribution in [0.5, 0.6) is 0 Å². The van der Waals surface area contributed by atoms with Crippen LogP contribution in [0, 0.1) is 11.8 Å². The Morgan fingerprint density at radius 3 is 3.00 bits per heavy atom. The summed E-state index contributed by atoms with van der Waals surface area (Å²) in [6.07, 6.45) is 1.20. The van der Waals surface area contributed by atoms with E-state index in [4.69, 9.17) is 23.2 Å². The molecule has 0 spiro atoms. The number of halogens is 2. The van der Waals surface area contributed by atoms with Gasteiger partial charge < -0.3 is 5.32 Å². The molecule has 2 fully saturated rings. The molecule has 2 heterocycles. The summed E-state index contributed by atoms with van der Waals surface area (Å²) >= 11 is 11.6. The molecule has 2 saturated heterocycles. The summed E-state index contributed by atoms with van der Waals surface area (Å²) in [6.45, 7) is 6.58. The minimum absolute atomic E-state index is 0.676. The first-order chi connectivity index (χ1) is 7.26. The Morgan fingerprint density at radius 1 is 1.53 bits per heavy atom. The molecular weight excluding hydrogens is 231 g/mol. The number of fused-ring (bicyclic) bond motifs is 1. The fraction of sp³-hybridized carbons (Fsp3) is 0.818. The summed E-state index contributed by atoms with van der Waals surface area (Å²) < 4.78 is 0. The fourth-order valence-corrected chi connectivity index (χ4v) is 3.30. The number of likely N-dealkylation sites (tertiary alicyclic amines) is 1. The summed E-state index contributed by atoms with van der Waals surface area (Å²) in [5, 5.41) is 4.23. The zero-order valence-corrected chi connectivity index (χ0v) is 10.6.